The molecule has 3 nitrogen and oxygen atoms in total. The molecule has 1 unspecified atom stereocenters. The molecule has 1 N–H and O–H groups in total. The number of ether oxygens (including phenoxy) is 1. The molecule has 0 amide bonds. The van der Waals surface area contributed by atoms with Crippen molar-refractivity contribution in [2.24, 2.45) is 0 Å². The number of carbonyl (C=O) groups is 1. The molecule has 0 aromatic heterocycles. The van der Waals surface area contributed by atoms with Crippen molar-refractivity contribution in [2.75, 3.05) is 6.61 Å². The van der Waals surface area contributed by atoms with Crippen LogP contribution < -0.4 is 0 Å². The molecule has 1 aliphatic heterocycles. The number of fused-ring (bicyclic) bond motifs is 1. The van der Waals surface area contributed by atoms with Crippen LogP contribution in [0, 0.1) is 0 Å². The van der Waals surface area contributed by atoms with Gasteiger partial charge in [0, 0.05) is 5.02 Å². The van der Waals surface area contributed by atoms with E-state index >= 15 is 0 Å². The lowest BCUT2D eigenvalue weighted by molar-refractivity contribution is -0.151. The molecule has 1 aromatic rings. The minimum absolute atomic E-state index is 0.410. The molecule has 0 bridgehead atoms. The molecule has 1 heterocycles. The minimum Gasteiger partial charge on any atom is -0.479 e. The van der Waals surface area contributed by atoms with Crippen molar-refractivity contribution in [1.82, 2.24) is 0 Å². The number of benzene rings is 1. The largest absolute Gasteiger partial charge is 0.479 e. The van der Waals surface area contributed by atoms with E-state index in [1.807, 2.05) is 0 Å². The topological polar surface area (TPSA) is 46.5 Å². The number of halogens is 1. The van der Waals surface area contributed by atoms with Crippen LogP contribution in [0.5, 0.6) is 0 Å². The van der Waals surface area contributed by atoms with E-state index in [0.29, 0.717) is 23.6 Å². The summed E-state index contributed by atoms with van der Waals surface area (Å²) < 4.78 is 5.16. The van der Waals surface area contributed by atoms with Crippen LogP contribution in [0.15, 0.2) is 18.2 Å². The van der Waals surface area contributed by atoms with Gasteiger partial charge in [-0.3, -0.25) is 0 Å². The zero-order valence-electron chi connectivity index (χ0n) is 7.37. The highest BCUT2D eigenvalue weighted by atomic mass is 35.5. The Labute approximate surface area is 86.3 Å². The average molecular weight is 213 g/mol. The molecule has 0 saturated heterocycles. The van der Waals surface area contributed by atoms with Crippen molar-refractivity contribution in [3.63, 3.8) is 0 Å². The average Bonchev–Trinajstić information content (AvgIpc) is 2.17. The summed E-state index contributed by atoms with van der Waals surface area (Å²) in [6, 6.07) is 5.26. The standard InChI is InChI=1S/C10H9ClO3/c11-8-3-1-2-7-6(8)4-5-14-9(7)10(12)13/h1-3,9H,4-5H2,(H,12,13). The fourth-order valence-electron chi connectivity index (χ4n) is 1.66. The van der Waals surface area contributed by atoms with E-state index in [9.17, 15) is 4.79 Å². The first-order chi connectivity index (χ1) is 6.70. The van der Waals surface area contributed by atoms with E-state index in [-0.39, 0.29) is 0 Å². The van der Waals surface area contributed by atoms with Crippen LogP contribution in [0.2, 0.25) is 5.02 Å². The summed E-state index contributed by atoms with van der Waals surface area (Å²) in [5, 5.41) is 9.53. The molecular formula is C10H9ClO3. The predicted molar refractivity (Wildman–Crippen MR) is 51.5 cm³/mol. The zero-order valence-corrected chi connectivity index (χ0v) is 8.12. The molecule has 0 saturated carbocycles. The summed E-state index contributed by atoms with van der Waals surface area (Å²) in [6.45, 7) is 0.410. The van der Waals surface area contributed by atoms with Gasteiger partial charge in [-0.15, -0.1) is 0 Å². The predicted octanol–water partition coefficient (Wildman–Crippen LogP) is 2.04. The summed E-state index contributed by atoms with van der Waals surface area (Å²) in [5.41, 5.74) is 1.57. The quantitative estimate of drug-likeness (QED) is 0.775. The number of rotatable bonds is 1. The van der Waals surface area contributed by atoms with Crippen LogP contribution in [0.4, 0.5) is 0 Å². The molecule has 0 fully saturated rings. The van der Waals surface area contributed by atoms with Gasteiger partial charge in [0.05, 0.1) is 6.61 Å². The number of carboxylic acid groups (broad SMARTS) is 1. The smallest absolute Gasteiger partial charge is 0.337 e. The molecule has 74 valence electrons. The van der Waals surface area contributed by atoms with Gasteiger partial charge >= 0.3 is 5.97 Å². The number of aliphatic carboxylic acids is 1. The van der Waals surface area contributed by atoms with Crippen molar-refractivity contribution in [3.8, 4) is 0 Å². The van der Waals surface area contributed by atoms with Gasteiger partial charge in [0.25, 0.3) is 0 Å². The Morgan fingerprint density at radius 3 is 3.07 bits per heavy atom. The molecule has 0 aliphatic carbocycles. The zero-order chi connectivity index (χ0) is 10.1. The normalized spacial score (nSPS) is 20.2. The molecular weight excluding hydrogens is 204 g/mol. The Bertz CT molecular complexity index is 376. The van der Waals surface area contributed by atoms with Crippen LogP contribution in [0.1, 0.15) is 17.2 Å². The number of carboxylic acids is 1. The summed E-state index contributed by atoms with van der Waals surface area (Å²) in [4.78, 5) is 10.9. The Hall–Kier alpha value is -1.06. The molecule has 14 heavy (non-hydrogen) atoms. The summed E-state index contributed by atoms with van der Waals surface area (Å²) in [7, 11) is 0. The van der Waals surface area contributed by atoms with E-state index in [1.165, 1.54) is 0 Å². The Morgan fingerprint density at radius 2 is 2.36 bits per heavy atom. The second-order valence-electron chi connectivity index (χ2n) is 3.15. The van der Waals surface area contributed by atoms with E-state index in [4.69, 9.17) is 21.4 Å². The Balaban J connectivity index is 2.49. The third-order valence-electron chi connectivity index (χ3n) is 2.30. The van der Waals surface area contributed by atoms with E-state index in [0.717, 1.165) is 5.56 Å². The molecule has 0 spiro atoms. The van der Waals surface area contributed by atoms with Crippen LogP contribution >= 0.6 is 11.6 Å². The maximum absolute atomic E-state index is 10.9. The molecule has 1 aromatic carbocycles. The third-order valence-corrected chi connectivity index (χ3v) is 2.65. The highest BCUT2D eigenvalue weighted by Gasteiger charge is 2.27. The first-order valence-corrected chi connectivity index (χ1v) is 4.69. The summed E-state index contributed by atoms with van der Waals surface area (Å²) in [5.74, 6) is -0.965. The van der Waals surface area contributed by atoms with Gasteiger partial charge in [0.1, 0.15) is 0 Å². The monoisotopic (exact) mass is 212 g/mol. The summed E-state index contributed by atoms with van der Waals surface area (Å²) in [6.07, 6.45) is -0.184. The van der Waals surface area contributed by atoms with Gasteiger partial charge < -0.3 is 9.84 Å². The van der Waals surface area contributed by atoms with Gasteiger partial charge in [-0.1, -0.05) is 23.7 Å². The van der Waals surface area contributed by atoms with Gasteiger partial charge in [-0.2, -0.15) is 0 Å². The highest BCUT2D eigenvalue weighted by Crippen LogP contribution is 2.31. The van der Waals surface area contributed by atoms with Crippen LogP contribution in [-0.4, -0.2) is 17.7 Å². The summed E-state index contributed by atoms with van der Waals surface area (Å²) >= 11 is 5.96. The van der Waals surface area contributed by atoms with Crippen molar-refractivity contribution >= 4 is 17.6 Å². The van der Waals surface area contributed by atoms with Crippen molar-refractivity contribution < 1.29 is 14.6 Å². The van der Waals surface area contributed by atoms with Crippen LogP contribution in [-0.2, 0) is 16.0 Å². The number of hydrogen-bond acceptors (Lipinski definition) is 2. The fourth-order valence-corrected chi connectivity index (χ4v) is 1.93. The van der Waals surface area contributed by atoms with Gasteiger partial charge in [-0.05, 0) is 23.6 Å². The fraction of sp³-hybridized carbons (Fsp3) is 0.300. The van der Waals surface area contributed by atoms with E-state index in [1.54, 1.807) is 18.2 Å². The van der Waals surface area contributed by atoms with Crippen molar-refractivity contribution in [2.45, 2.75) is 12.5 Å². The lowest BCUT2D eigenvalue weighted by Gasteiger charge is -2.23. The number of hydrogen-bond donors (Lipinski definition) is 1. The van der Waals surface area contributed by atoms with Gasteiger partial charge in [0.2, 0.25) is 0 Å². The van der Waals surface area contributed by atoms with Crippen LogP contribution in [0.3, 0.4) is 0 Å². The Morgan fingerprint density at radius 1 is 1.57 bits per heavy atom. The Kier molecular flexibility index (Phi) is 2.44. The maximum atomic E-state index is 10.9. The molecule has 1 aliphatic rings. The lowest BCUT2D eigenvalue weighted by atomic mass is 9.97. The van der Waals surface area contributed by atoms with E-state index in [2.05, 4.69) is 0 Å². The van der Waals surface area contributed by atoms with Crippen LogP contribution in [0.25, 0.3) is 0 Å². The lowest BCUT2D eigenvalue weighted by Crippen LogP contribution is -2.23. The van der Waals surface area contributed by atoms with Gasteiger partial charge in [-0.25, -0.2) is 4.79 Å². The first kappa shape index (κ1) is 9.49. The molecule has 0 radical (unpaired) electrons. The highest BCUT2D eigenvalue weighted by molar-refractivity contribution is 6.31. The van der Waals surface area contributed by atoms with Crippen molar-refractivity contribution in [3.05, 3.63) is 34.3 Å². The molecule has 4 heteroatoms. The second-order valence-corrected chi connectivity index (χ2v) is 3.55. The second kappa shape index (κ2) is 3.59. The minimum atomic E-state index is -0.965. The third kappa shape index (κ3) is 1.49. The maximum Gasteiger partial charge on any atom is 0.337 e. The molecule has 1 atom stereocenters. The first-order valence-electron chi connectivity index (χ1n) is 4.32. The van der Waals surface area contributed by atoms with E-state index < -0.39 is 12.1 Å². The van der Waals surface area contributed by atoms with Gasteiger partial charge in [0.15, 0.2) is 6.10 Å². The molecule has 2 rings (SSSR count). The van der Waals surface area contributed by atoms with Crippen molar-refractivity contribution in [1.29, 1.82) is 0 Å². The SMILES string of the molecule is O=C(O)C1OCCc2c(Cl)cccc21.